The number of carbonyl (C=O) groups excluding carboxylic acids is 3. The van der Waals surface area contributed by atoms with Gasteiger partial charge in [-0.1, -0.05) is 60.7 Å². The molecule has 0 saturated carbocycles. The van der Waals surface area contributed by atoms with Gasteiger partial charge < -0.3 is 16.4 Å². The summed E-state index contributed by atoms with van der Waals surface area (Å²) in [5, 5.41) is 7.19. The molecule has 3 aromatic rings. The Labute approximate surface area is 162 Å². The van der Waals surface area contributed by atoms with Crippen LogP contribution < -0.4 is 16.4 Å². The van der Waals surface area contributed by atoms with Crippen LogP contribution in [0.2, 0.25) is 0 Å². The number of fused-ring (bicyclic) bond motifs is 1. The van der Waals surface area contributed by atoms with Crippen LogP contribution in [0.15, 0.2) is 72.8 Å². The lowest BCUT2D eigenvalue weighted by Crippen LogP contribution is -2.49. The van der Waals surface area contributed by atoms with E-state index in [2.05, 4.69) is 10.6 Å². The van der Waals surface area contributed by atoms with Crippen LogP contribution in [0.1, 0.15) is 15.9 Å². The molecule has 3 amide bonds. The lowest BCUT2D eigenvalue weighted by molar-refractivity contribution is -0.126. The number of nitrogens with two attached hydrogens (primary N) is 1. The van der Waals surface area contributed by atoms with Gasteiger partial charge in [-0.15, -0.1) is 0 Å². The molecule has 0 aromatic heterocycles. The largest absolute Gasteiger partial charge is 0.368 e. The van der Waals surface area contributed by atoms with E-state index in [-0.39, 0.29) is 18.9 Å². The van der Waals surface area contributed by atoms with Crippen molar-refractivity contribution < 1.29 is 14.4 Å². The molecule has 0 unspecified atom stereocenters. The van der Waals surface area contributed by atoms with Gasteiger partial charge in [-0.25, -0.2) is 0 Å². The molecule has 6 nitrogen and oxygen atoms in total. The van der Waals surface area contributed by atoms with E-state index in [0.717, 1.165) is 16.3 Å². The van der Waals surface area contributed by atoms with E-state index in [1.54, 1.807) is 30.3 Å². The standard InChI is InChI=1S/C22H21N3O3/c23-21(27)19(13-17-11-6-10-15-7-4-5-12-18(15)17)25-20(26)14-24-22(28)16-8-2-1-3-9-16/h1-12,19H,13-14H2,(H2,23,27)(H,24,28)(H,25,26)/t19-/m1/s1. The van der Waals surface area contributed by atoms with Crippen LogP contribution in [0.25, 0.3) is 10.8 Å². The summed E-state index contributed by atoms with van der Waals surface area (Å²) in [6.45, 7) is -0.243. The second-order valence-electron chi connectivity index (χ2n) is 6.41. The molecular weight excluding hydrogens is 354 g/mol. The third-order valence-electron chi connectivity index (χ3n) is 4.43. The quantitative estimate of drug-likeness (QED) is 0.587. The zero-order valence-electron chi connectivity index (χ0n) is 15.2. The number of nitrogens with one attached hydrogen (secondary N) is 2. The highest BCUT2D eigenvalue weighted by atomic mass is 16.2. The summed E-state index contributed by atoms with van der Waals surface area (Å²) in [5.74, 6) is -1.47. The summed E-state index contributed by atoms with van der Waals surface area (Å²) in [6, 6.07) is 21.3. The van der Waals surface area contributed by atoms with E-state index >= 15 is 0 Å². The maximum Gasteiger partial charge on any atom is 0.251 e. The lowest BCUT2D eigenvalue weighted by Gasteiger charge is -2.17. The molecular formula is C22H21N3O3. The van der Waals surface area contributed by atoms with Crippen molar-refractivity contribution in [1.29, 1.82) is 0 Å². The van der Waals surface area contributed by atoms with Gasteiger partial charge in [0.15, 0.2) is 0 Å². The molecule has 6 heteroatoms. The Bertz CT molecular complexity index is 997. The molecule has 0 fully saturated rings. The number of primary amides is 1. The van der Waals surface area contributed by atoms with Crippen molar-refractivity contribution in [3.63, 3.8) is 0 Å². The smallest absolute Gasteiger partial charge is 0.251 e. The van der Waals surface area contributed by atoms with Crippen LogP contribution in [-0.4, -0.2) is 30.3 Å². The minimum atomic E-state index is -0.869. The molecule has 0 spiro atoms. The number of hydrogen-bond donors (Lipinski definition) is 3. The van der Waals surface area contributed by atoms with Gasteiger partial charge in [-0.3, -0.25) is 14.4 Å². The first-order chi connectivity index (χ1) is 13.5. The second-order valence-corrected chi connectivity index (χ2v) is 6.41. The molecule has 28 heavy (non-hydrogen) atoms. The van der Waals surface area contributed by atoms with E-state index in [0.29, 0.717) is 5.56 Å². The summed E-state index contributed by atoms with van der Waals surface area (Å²) in [4.78, 5) is 36.1. The van der Waals surface area contributed by atoms with Crippen molar-refractivity contribution in [1.82, 2.24) is 10.6 Å². The van der Waals surface area contributed by atoms with Crippen LogP contribution in [0.4, 0.5) is 0 Å². The van der Waals surface area contributed by atoms with Gasteiger partial charge in [0.2, 0.25) is 11.8 Å². The summed E-state index contributed by atoms with van der Waals surface area (Å²) >= 11 is 0. The third-order valence-corrected chi connectivity index (χ3v) is 4.43. The van der Waals surface area contributed by atoms with Crippen LogP contribution >= 0.6 is 0 Å². The highest BCUT2D eigenvalue weighted by Gasteiger charge is 2.20. The number of amides is 3. The Balaban J connectivity index is 1.63. The first-order valence-electron chi connectivity index (χ1n) is 8.93. The van der Waals surface area contributed by atoms with E-state index < -0.39 is 17.9 Å². The Hall–Kier alpha value is -3.67. The fourth-order valence-electron chi connectivity index (χ4n) is 3.01. The summed E-state index contributed by atoms with van der Waals surface area (Å²) in [5.41, 5.74) is 6.85. The number of hydrogen-bond acceptors (Lipinski definition) is 3. The summed E-state index contributed by atoms with van der Waals surface area (Å²) in [6.07, 6.45) is 0.273. The number of carbonyl (C=O) groups is 3. The lowest BCUT2D eigenvalue weighted by atomic mass is 9.98. The van der Waals surface area contributed by atoms with E-state index in [4.69, 9.17) is 5.73 Å². The van der Waals surface area contributed by atoms with Gasteiger partial charge in [-0.2, -0.15) is 0 Å². The zero-order chi connectivity index (χ0) is 19.9. The first-order valence-corrected chi connectivity index (χ1v) is 8.93. The molecule has 0 bridgehead atoms. The van der Waals surface area contributed by atoms with Crippen molar-refractivity contribution >= 4 is 28.5 Å². The van der Waals surface area contributed by atoms with E-state index in [1.807, 2.05) is 42.5 Å². The monoisotopic (exact) mass is 375 g/mol. The molecule has 1 atom stereocenters. The number of rotatable bonds is 7. The topological polar surface area (TPSA) is 101 Å². The van der Waals surface area contributed by atoms with Crippen molar-refractivity contribution in [2.24, 2.45) is 5.73 Å². The molecule has 0 aliphatic rings. The Morgan fingerprint density at radius 1 is 0.857 bits per heavy atom. The molecule has 0 radical (unpaired) electrons. The predicted octanol–water partition coefficient (Wildman–Crippen LogP) is 1.78. The van der Waals surface area contributed by atoms with Crippen LogP contribution in [-0.2, 0) is 16.0 Å². The minimum absolute atomic E-state index is 0.243. The molecule has 3 rings (SSSR count). The Kier molecular flexibility index (Phi) is 6.01. The molecule has 0 saturated heterocycles. The molecule has 0 aliphatic heterocycles. The minimum Gasteiger partial charge on any atom is -0.368 e. The molecule has 142 valence electrons. The Morgan fingerprint density at radius 3 is 2.29 bits per heavy atom. The fourth-order valence-corrected chi connectivity index (χ4v) is 3.01. The van der Waals surface area contributed by atoms with Crippen molar-refractivity contribution in [3.8, 4) is 0 Å². The summed E-state index contributed by atoms with van der Waals surface area (Å²) < 4.78 is 0. The average Bonchev–Trinajstić information content (AvgIpc) is 2.72. The fraction of sp³-hybridized carbons (Fsp3) is 0.136. The average molecular weight is 375 g/mol. The van der Waals surface area contributed by atoms with Gasteiger partial charge in [0, 0.05) is 12.0 Å². The SMILES string of the molecule is NC(=O)[C@@H](Cc1cccc2ccccc12)NC(=O)CNC(=O)c1ccccc1. The van der Waals surface area contributed by atoms with Gasteiger partial charge in [0.1, 0.15) is 6.04 Å². The van der Waals surface area contributed by atoms with Crippen LogP contribution in [0, 0.1) is 0 Å². The highest BCUT2D eigenvalue weighted by Crippen LogP contribution is 2.19. The number of benzene rings is 3. The normalized spacial score (nSPS) is 11.6. The van der Waals surface area contributed by atoms with Crippen molar-refractivity contribution in [2.45, 2.75) is 12.5 Å². The molecule has 0 heterocycles. The summed E-state index contributed by atoms with van der Waals surface area (Å²) in [7, 11) is 0. The first kappa shape index (κ1) is 19.1. The molecule has 0 aliphatic carbocycles. The zero-order valence-corrected chi connectivity index (χ0v) is 15.2. The van der Waals surface area contributed by atoms with Crippen molar-refractivity contribution in [2.75, 3.05) is 6.54 Å². The maximum atomic E-state index is 12.2. The van der Waals surface area contributed by atoms with Gasteiger partial charge >= 0.3 is 0 Å². The highest BCUT2D eigenvalue weighted by molar-refractivity contribution is 5.97. The predicted molar refractivity (Wildman–Crippen MR) is 108 cm³/mol. The van der Waals surface area contributed by atoms with Gasteiger partial charge in [0.05, 0.1) is 6.54 Å². The van der Waals surface area contributed by atoms with E-state index in [1.165, 1.54) is 0 Å². The Morgan fingerprint density at radius 2 is 1.54 bits per heavy atom. The van der Waals surface area contributed by atoms with Gasteiger partial charge in [0.25, 0.3) is 5.91 Å². The molecule has 4 N–H and O–H groups in total. The van der Waals surface area contributed by atoms with Crippen LogP contribution in [0.3, 0.4) is 0 Å². The maximum absolute atomic E-state index is 12.2. The van der Waals surface area contributed by atoms with Gasteiger partial charge in [-0.05, 0) is 28.5 Å². The molecule has 3 aromatic carbocycles. The second kappa shape index (κ2) is 8.81. The van der Waals surface area contributed by atoms with Crippen molar-refractivity contribution in [3.05, 3.63) is 83.9 Å². The van der Waals surface area contributed by atoms with Crippen LogP contribution in [0.5, 0.6) is 0 Å². The third kappa shape index (κ3) is 4.73. The van der Waals surface area contributed by atoms with E-state index in [9.17, 15) is 14.4 Å².